The van der Waals surface area contributed by atoms with Gasteiger partial charge in [-0.2, -0.15) is 4.99 Å². The second-order valence-electron chi connectivity index (χ2n) is 4.16. The first-order chi connectivity index (χ1) is 7.84. The molecule has 82 valence electrons. The molecule has 1 aliphatic heterocycles. The van der Waals surface area contributed by atoms with Crippen LogP contribution in [0.1, 0.15) is 24.8 Å². The van der Waals surface area contributed by atoms with Crippen LogP contribution in [-0.4, -0.2) is 12.0 Å². The lowest BCUT2D eigenvalue weighted by atomic mass is 9.72. The number of hydrogen-bond acceptors (Lipinski definition) is 4. The van der Waals surface area contributed by atoms with Gasteiger partial charge in [-0.25, -0.2) is 4.79 Å². The van der Waals surface area contributed by atoms with Crippen LogP contribution in [0.5, 0.6) is 5.75 Å². The molecule has 0 radical (unpaired) electrons. The lowest BCUT2D eigenvalue weighted by Crippen LogP contribution is -2.31. The Morgan fingerprint density at radius 2 is 2.31 bits per heavy atom. The van der Waals surface area contributed by atoms with Gasteiger partial charge in [-0.05, 0) is 37.0 Å². The Morgan fingerprint density at radius 1 is 1.44 bits per heavy atom. The number of fused-ring (bicyclic) bond motifs is 1. The van der Waals surface area contributed by atoms with Crippen LogP contribution in [0.25, 0.3) is 0 Å². The van der Waals surface area contributed by atoms with Crippen molar-refractivity contribution in [3.05, 3.63) is 23.8 Å². The van der Waals surface area contributed by atoms with E-state index in [1.807, 2.05) is 12.1 Å². The van der Waals surface area contributed by atoms with Gasteiger partial charge in [0.05, 0.1) is 10.4 Å². The minimum atomic E-state index is -0.292. The standard InChI is InChI=1S/C12H11NO2S/c14-7-13-12(4-1-5-12)9-2-3-10-11(6-9)16-8-15-10/h2-3,6H,1,4-5,8H2. The summed E-state index contributed by atoms with van der Waals surface area (Å²) in [4.78, 5) is 15.7. The molecule has 0 unspecified atom stereocenters. The van der Waals surface area contributed by atoms with Crippen LogP contribution in [0.4, 0.5) is 0 Å². The van der Waals surface area contributed by atoms with Gasteiger partial charge in [-0.15, -0.1) is 0 Å². The fourth-order valence-electron chi connectivity index (χ4n) is 2.25. The first-order valence-corrected chi connectivity index (χ1v) is 6.32. The third-order valence-corrected chi connectivity index (χ3v) is 4.22. The number of ether oxygens (including phenoxy) is 1. The largest absolute Gasteiger partial charge is 0.481 e. The van der Waals surface area contributed by atoms with Gasteiger partial charge in [0.25, 0.3) is 0 Å². The Balaban J connectivity index is 2.03. The third-order valence-electron chi connectivity index (χ3n) is 3.35. The van der Waals surface area contributed by atoms with Crippen molar-refractivity contribution in [2.75, 3.05) is 5.94 Å². The SMILES string of the molecule is O=C=NC1(c2ccc3c(c2)SCO3)CCC1. The van der Waals surface area contributed by atoms with E-state index in [9.17, 15) is 4.79 Å². The number of benzene rings is 1. The minimum Gasteiger partial charge on any atom is -0.481 e. The molecule has 2 aliphatic rings. The van der Waals surface area contributed by atoms with E-state index in [0.29, 0.717) is 5.94 Å². The number of nitrogens with zero attached hydrogens (tertiary/aromatic N) is 1. The van der Waals surface area contributed by atoms with Gasteiger partial charge in [0.1, 0.15) is 11.7 Å². The Morgan fingerprint density at radius 3 is 3.00 bits per heavy atom. The summed E-state index contributed by atoms with van der Waals surface area (Å²) in [6.07, 6.45) is 4.75. The molecule has 1 aromatic carbocycles. The molecule has 0 spiro atoms. The van der Waals surface area contributed by atoms with Crippen molar-refractivity contribution in [3.63, 3.8) is 0 Å². The van der Waals surface area contributed by atoms with Gasteiger partial charge in [0.2, 0.25) is 6.08 Å². The molecular formula is C12H11NO2S. The van der Waals surface area contributed by atoms with Gasteiger partial charge in [0, 0.05) is 0 Å². The molecule has 4 heteroatoms. The number of aliphatic imine (C=N–C) groups is 1. The summed E-state index contributed by atoms with van der Waals surface area (Å²) in [5.41, 5.74) is 0.832. The van der Waals surface area contributed by atoms with Gasteiger partial charge in [-0.3, -0.25) is 0 Å². The van der Waals surface area contributed by atoms with Crippen molar-refractivity contribution in [2.45, 2.75) is 29.7 Å². The predicted octanol–water partition coefficient (Wildman–Crippen LogP) is 2.84. The van der Waals surface area contributed by atoms with Gasteiger partial charge >= 0.3 is 0 Å². The summed E-state index contributed by atoms with van der Waals surface area (Å²) < 4.78 is 5.43. The molecule has 0 N–H and O–H groups in total. The number of hydrogen-bond donors (Lipinski definition) is 0. The minimum absolute atomic E-state index is 0.292. The first kappa shape index (κ1) is 9.94. The van der Waals surface area contributed by atoms with Gasteiger partial charge in [-0.1, -0.05) is 17.8 Å². The van der Waals surface area contributed by atoms with Gasteiger partial charge in [0.15, 0.2) is 0 Å². The molecule has 0 amide bonds. The summed E-state index contributed by atoms with van der Waals surface area (Å²) in [5, 5.41) is 0. The Hall–Kier alpha value is -1.25. The Kier molecular flexibility index (Phi) is 2.27. The molecule has 0 bridgehead atoms. The number of rotatable bonds is 2. The normalized spacial score (nSPS) is 20.2. The van der Waals surface area contributed by atoms with E-state index >= 15 is 0 Å². The molecule has 1 saturated carbocycles. The van der Waals surface area contributed by atoms with Crippen molar-refractivity contribution >= 4 is 17.8 Å². The molecule has 0 atom stereocenters. The van der Waals surface area contributed by atoms with E-state index < -0.39 is 0 Å². The summed E-state index contributed by atoms with van der Waals surface area (Å²) in [5.74, 6) is 1.63. The quantitative estimate of drug-likeness (QED) is 0.582. The summed E-state index contributed by atoms with van der Waals surface area (Å²) in [7, 11) is 0. The van der Waals surface area contributed by atoms with Crippen molar-refractivity contribution in [2.24, 2.45) is 4.99 Å². The van der Waals surface area contributed by atoms with Crippen LogP contribution in [0.15, 0.2) is 28.1 Å². The maximum Gasteiger partial charge on any atom is 0.235 e. The Labute approximate surface area is 97.9 Å². The summed E-state index contributed by atoms with van der Waals surface area (Å²) in [6.45, 7) is 0. The van der Waals surface area contributed by atoms with E-state index in [-0.39, 0.29) is 5.54 Å². The van der Waals surface area contributed by atoms with E-state index in [1.54, 1.807) is 17.8 Å². The van der Waals surface area contributed by atoms with Gasteiger partial charge < -0.3 is 4.74 Å². The summed E-state index contributed by atoms with van der Waals surface area (Å²) >= 11 is 1.69. The van der Waals surface area contributed by atoms with Crippen molar-refractivity contribution < 1.29 is 9.53 Å². The zero-order valence-electron chi connectivity index (χ0n) is 8.73. The van der Waals surface area contributed by atoms with Crippen LogP contribution in [0.2, 0.25) is 0 Å². The highest BCUT2D eigenvalue weighted by Crippen LogP contribution is 2.47. The lowest BCUT2D eigenvalue weighted by Gasteiger charge is -2.37. The third kappa shape index (κ3) is 1.38. The predicted molar refractivity (Wildman–Crippen MR) is 61.4 cm³/mol. The zero-order valence-corrected chi connectivity index (χ0v) is 9.55. The zero-order chi connectivity index (χ0) is 11.0. The second kappa shape index (κ2) is 3.65. The maximum atomic E-state index is 10.5. The van der Waals surface area contributed by atoms with E-state index in [2.05, 4.69) is 11.1 Å². The highest BCUT2D eigenvalue weighted by Gasteiger charge is 2.39. The maximum absolute atomic E-state index is 10.5. The molecule has 0 saturated heterocycles. The highest BCUT2D eigenvalue weighted by atomic mass is 32.2. The first-order valence-electron chi connectivity index (χ1n) is 5.33. The van der Waals surface area contributed by atoms with Crippen LogP contribution in [0, 0.1) is 0 Å². The molecule has 3 nitrogen and oxygen atoms in total. The molecule has 3 rings (SSSR count). The van der Waals surface area contributed by atoms with E-state index in [1.165, 1.54) is 0 Å². The molecule has 16 heavy (non-hydrogen) atoms. The second-order valence-corrected chi connectivity index (χ2v) is 5.12. The van der Waals surface area contributed by atoms with Crippen molar-refractivity contribution in [3.8, 4) is 5.75 Å². The van der Waals surface area contributed by atoms with Crippen LogP contribution in [0.3, 0.4) is 0 Å². The fraction of sp³-hybridized carbons (Fsp3) is 0.417. The van der Waals surface area contributed by atoms with Crippen molar-refractivity contribution in [1.82, 2.24) is 0 Å². The molecule has 1 heterocycles. The lowest BCUT2D eigenvalue weighted by molar-refractivity contribution is 0.255. The number of carbonyl (C=O) groups excluding carboxylic acids is 1. The monoisotopic (exact) mass is 233 g/mol. The number of isocyanates is 1. The number of thioether (sulfide) groups is 1. The highest BCUT2D eigenvalue weighted by molar-refractivity contribution is 7.99. The average Bonchev–Trinajstić information content (AvgIpc) is 2.70. The van der Waals surface area contributed by atoms with Crippen molar-refractivity contribution in [1.29, 1.82) is 0 Å². The average molecular weight is 233 g/mol. The molecule has 1 aliphatic carbocycles. The van der Waals surface area contributed by atoms with E-state index in [4.69, 9.17) is 4.74 Å². The molecule has 1 fully saturated rings. The topological polar surface area (TPSA) is 38.7 Å². The van der Waals surface area contributed by atoms with Crippen LogP contribution < -0.4 is 4.74 Å². The fourth-order valence-corrected chi connectivity index (χ4v) is 3.04. The smallest absolute Gasteiger partial charge is 0.235 e. The van der Waals surface area contributed by atoms with E-state index in [0.717, 1.165) is 35.5 Å². The molecule has 1 aromatic rings. The Bertz CT molecular complexity index is 476. The summed E-state index contributed by atoms with van der Waals surface area (Å²) in [6, 6.07) is 6.10. The van der Waals surface area contributed by atoms with Crippen LogP contribution in [-0.2, 0) is 10.3 Å². The molecule has 0 aromatic heterocycles. The van der Waals surface area contributed by atoms with Crippen LogP contribution >= 0.6 is 11.8 Å². The molecular weight excluding hydrogens is 222 g/mol.